The number of halogens is 1. The summed E-state index contributed by atoms with van der Waals surface area (Å²) in [5.41, 5.74) is 8.41. The van der Waals surface area contributed by atoms with Crippen LogP contribution in [-0.4, -0.2) is 19.1 Å². The van der Waals surface area contributed by atoms with Crippen molar-refractivity contribution < 1.29 is 0 Å². The second kappa shape index (κ2) is 8.65. The standard InChI is InChI=1S/C18H31ClN2/c1-6-16(20)9-15-7-8-18(17(19)10-15)21(11-13(2)3)12-14(4)5/h7-8,10,13-14,16H,6,9,11-12,20H2,1-5H3. The van der Waals surface area contributed by atoms with Crippen molar-refractivity contribution in [3.8, 4) is 0 Å². The minimum atomic E-state index is 0.217. The van der Waals surface area contributed by atoms with Crippen LogP contribution in [0.3, 0.4) is 0 Å². The highest BCUT2D eigenvalue weighted by Crippen LogP contribution is 2.29. The molecule has 0 bridgehead atoms. The molecule has 120 valence electrons. The molecule has 1 aromatic carbocycles. The lowest BCUT2D eigenvalue weighted by molar-refractivity contribution is 0.552. The minimum absolute atomic E-state index is 0.217. The Kier molecular flexibility index (Phi) is 7.55. The molecule has 0 radical (unpaired) electrons. The number of anilines is 1. The molecular formula is C18H31ClN2. The van der Waals surface area contributed by atoms with Crippen LogP contribution in [0.25, 0.3) is 0 Å². The number of rotatable bonds is 8. The first kappa shape index (κ1) is 18.3. The maximum atomic E-state index is 6.54. The zero-order chi connectivity index (χ0) is 16.0. The summed E-state index contributed by atoms with van der Waals surface area (Å²) < 4.78 is 0. The maximum Gasteiger partial charge on any atom is 0.0642 e. The van der Waals surface area contributed by atoms with E-state index in [9.17, 15) is 0 Å². The molecule has 0 aliphatic rings. The molecule has 1 rings (SSSR count). The molecular weight excluding hydrogens is 280 g/mol. The molecule has 0 heterocycles. The van der Waals surface area contributed by atoms with E-state index in [0.717, 1.165) is 36.6 Å². The van der Waals surface area contributed by atoms with Crippen LogP contribution in [0.4, 0.5) is 5.69 Å². The number of nitrogens with zero attached hydrogens (tertiary/aromatic N) is 1. The van der Waals surface area contributed by atoms with Crippen molar-refractivity contribution in [2.24, 2.45) is 17.6 Å². The fourth-order valence-electron chi connectivity index (χ4n) is 2.53. The smallest absolute Gasteiger partial charge is 0.0642 e. The third-order valence-corrected chi connectivity index (χ3v) is 3.85. The molecule has 0 spiro atoms. The topological polar surface area (TPSA) is 29.3 Å². The highest BCUT2D eigenvalue weighted by Gasteiger charge is 2.14. The second-order valence-electron chi connectivity index (χ2n) is 6.85. The molecule has 1 unspecified atom stereocenters. The van der Waals surface area contributed by atoms with Gasteiger partial charge in [-0.05, 0) is 42.4 Å². The Bertz CT molecular complexity index is 419. The van der Waals surface area contributed by atoms with Crippen LogP contribution >= 0.6 is 11.6 Å². The van der Waals surface area contributed by atoms with Gasteiger partial charge in [0.1, 0.15) is 0 Å². The van der Waals surface area contributed by atoms with Crippen LogP contribution in [0.5, 0.6) is 0 Å². The third-order valence-electron chi connectivity index (χ3n) is 3.55. The Morgan fingerprint density at radius 2 is 1.67 bits per heavy atom. The van der Waals surface area contributed by atoms with Crippen LogP contribution in [0.2, 0.25) is 5.02 Å². The largest absolute Gasteiger partial charge is 0.370 e. The van der Waals surface area contributed by atoms with E-state index in [1.165, 1.54) is 5.56 Å². The molecule has 0 aliphatic carbocycles. The van der Waals surface area contributed by atoms with E-state index in [1.54, 1.807) is 0 Å². The Hall–Kier alpha value is -0.730. The van der Waals surface area contributed by atoms with Crippen molar-refractivity contribution in [1.29, 1.82) is 0 Å². The van der Waals surface area contributed by atoms with Gasteiger partial charge in [0.25, 0.3) is 0 Å². The molecule has 0 fully saturated rings. The van der Waals surface area contributed by atoms with Crippen LogP contribution in [0, 0.1) is 11.8 Å². The average molecular weight is 311 g/mol. The highest BCUT2D eigenvalue weighted by molar-refractivity contribution is 6.33. The SMILES string of the molecule is CCC(N)Cc1ccc(N(CC(C)C)CC(C)C)c(Cl)c1. The fourth-order valence-corrected chi connectivity index (χ4v) is 2.86. The average Bonchev–Trinajstić information content (AvgIpc) is 2.36. The minimum Gasteiger partial charge on any atom is -0.370 e. The Balaban J connectivity index is 2.93. The summed E-state index contributed by atoms with van der Waals surface area (Å²) in [6, 6.07) is 6.63. The Labute approximate surface area is 135 Å². The number of hydrogen-bond acceptors (Lipinski definition) is 2. The zero-order valence-electron chi connectivity index (χ0n) is 14.2. The predicted octanol–water partition coefficient (Wildman–Crippen LogP) is 4.74. The van der Waals surface area contributed by atoms with Gasteiger partial charge < -0.3 is 10.6 Å². The molecule has 0 aromatic heterocycles. The van der Waals surface area contributed by atoms with Gasteiger partial charge in [-0.2, -0.15) is 0 Å². The van der Waals surface area contributed by atoms with E-state index >= 15 is 0 Å². The number of hydrogen-bond donors (Lipinski definition) is 1. The van der Waals surface area contributed by atoms with Crippen LogP contribution in [0.1, 0.15) is 46.6 Å². The van der Waals surface area contributed by atoms with Gasteiger partial charge in [0.05, 0.1) is 10.7 Å². The lowest BCUT2D eigenvalue weighted by Crippen LogP contribution is -2.31. The molecule has 2 N–H and O–H groups in total. The molecule has 0 saturated carbocycles. The van der Waals surface area contributed by atoms with Crippen LogP contribution < -0.4 is 10.6 Å². The van der Waals surface area contributed by atoms with Crippen LogP contribution in [-0.2, 0) is 6.42 Å². The summed E-state index contributed by atoms with van der Waals surface area (Å²) in [6.45, 7) is 13.2. The van der Waals surface area contributed by atoms with E-state index in [1.807, 2.05) is 0 Å². The van der Waals surface area contributed by atoms with Gasteiger partial charge in [-0.25, -0.2) is 0 Å². The molecule has 1 aromatic rings. The quantitative estimate of drug-likeness (QED) is 0.751. The molecule has 0 aliphatic heterocycles. The summed E-state index contributed by atoms with van der Waals surface area (Å²) in [7, 11) is 0. The van der Waals surface area contributed by atoms with Gasteiger partial charge in [-0.1, -0.05) is 52.3 Å². The highest BCUT2D eigenvalue weighted by atomic mass is 35.5. The van der Waals surface area contributed by atoms with E-state index in [0.29, 0.717) is 11.8 Å². The van der Waals surface area contributed by atoms with Crippen molar-refractivity contribution in [3.05, 3.63) is 28.8 Å². The predicted molar refractivity (Wildman–Crippen MR) is 95.3 cm³/mol. The van der Waals surface area contributed by atoms with Crippen LogP contribution in [0.15, 0.2) is 18.2 Å². The number of nitrogens with two attached hydrogens (primary N) is 1. The van der Waals surface area contributed by atoms with Crippen molar-refractivity contribution in [2.75, 3.05) is 18.0 Å². The van der Waals surface area contributed by atoms with Gasteiger partial charge in [0, 0.05) is 19.1 Å². The first-order valence-electron chi connectivity index (χ1n) is 8.12. The van der Waals surface area contributed by atoms with Gasteiger partial charge in [0.15, 0.2) is 0 Å². The lowest BCUT2D eigenvalue weighted by atomic mass is 10.0. The molecule has 21 heavy (non-hydrogen) atoms. The second-order valence-corrected chi connectivity index (χ2v) is 7.26. The first-order valence-corrected chi connectivity index (χ1v) is 8.50. The van der Waals surface area contributed by atoms with Gasteiger partial charge >= 0.3 is 0 Å². The van der Waals surface area contributed by atoms with Crippen molar-refractivity contribution in [3.63, 3.8) is 0 Å². The number of benzene rings is 1. The maximum absolute atomic E-state index is 6.54. The summed E-state index contributed by atoms with van der Waals surface area (Å²) in [6.07, 6.45) is 1.89. The van der Waals surface area contributed by atoms with Crippen molar-refractivity contribution in [1.82, 2.24) is 0 Å². The molecule has 0 amide bonds. The van der Waals surface area contributed by atoms with Crippen molar-refractivity contribution in [2.45, 2.75) is 53.5 Å². The van der Waals surface area contributed by atoms with Crippen molar-refractivity contribution >= 4 is 17.3 Å². The monoisotopic (exact) mass is 310 g/mol. The third kappa shape index (κ3) is 6.27. The summed E-state index contributed by atoms with van der Waals surface area (Å²) in [5.74, 6) is 1.24. The van der Waals surface area contributed by atoms with Gasteiger partial charge in [-0.15, -0.1) is 0 Å². The molecule has 1 atom stereocenters. The fraction of sp³-hybridized carbons (Fsp3) is 0.667. The van der Waals surface area contributed by atoms with Gasteiger partial charge in [-0.3, -0.25) is 0 Å². The normalized spacial score (nSPS) is 13.0. The van der Waals surface area contributed by atoms with Gasteiger partial charge in [0.2, 0.25) is 0 Å². The van der Waals surface area contributed by atoms with E-state index in [-0.39, 0.29) is 6.04 Å². The van der Waals surface area contributed by atoms with E-state index in [2.05, 4.69) is 57.7 Å². The summed E-state index contributed by atoms with van der Waals surface area (Å²) >= 11 is 6.54. The first-order chi connectivity index (χ1) is 9.83. The zero-order valence-corrected chi connectivity index (χ0v) is 15.0. The Morgan fingerprint density at radius 1 is 1.10 bits per heavy atom. The molecule has 2 nitrogen and oxygen atoms in total. The molecule has 0 saturated heterocycles. The molecule has 3 heteroatoms. The Morgan fingerprint density at radius 3 is 2.10 bits per heavy atom. The van der Waals surface area contributed by atoms with E-state index < -0.39 is 0 Å². The lowest BCUT2D eigenvalue weighted by Gasteiger charge is -2.29. The van der Waals surface area contributed by atoms with E-state index in [4.69, 9.17) is 17.3 Å². The summed E-state index contributed by atoms with van der Waals surface area (Å²) in [5, 5.41) is 0.845. The summed E-state index contributed by atoms with van der Waals surface area (Å²) in [4.78, 5) is 2.40.